The smallest absolute Gasteiger partial charge is 0.244 e. The third-order valence-corrected chi connectivity index (χ3v) is 7.71. The first-order valence-corrected chi connectivity index (χ1v) is 14.0. The summed E-state index contributed by atoms with van der Waals surface area (Å²) in [7, 11) is 0. The fraction of sp³-hybridized carbons (Fsp3) is 0.226. The summed E-state index contributed by atoms with van der Waals surface area (Å²) < 4.78 is 6.07. The molecule has 1 N–H and O–H groups in total. The lowest BCUT2D eigenvalue weighted by molar-refractivity contribution is -0.120. The van der Waals surface area contributed by atoms with Crippen molar-refractivity contribution in [2.75, 3.05) is 18.0 Å². The molecular weight excluding hydrogens is 506 g/mol. The van der Waals surface area contributed by atoms with E-state index in [0.29, 0.717) is 32.0 Å². The van der Waals surface area contributed by atoms with Crippen molar-refractivity contribution in [2.24, 2.45) is 4.99 Å². The third kappa shape index (κ3) is 5.53. The second-order valence-electron chi connectivity index (χ2n) is 9.66. The largest absolute Gasteiger partial charge is 0.444 e. The number of anilines is 1. The first-order chi connectivity index (χ1) is 19.2. The molecule has 1 unspecified atom stereocenters. The van der Waals surface area contributed by atoms with E-state index in [1.807, 2.05) is 59.1 Å². The van der Waals surface area contributed by atoms with Gasteiger partial charge in [0, 0.05) is 42.1 Å². The van der Waals surface area contributed by atoms with Crippen LogP contribution in [0.1, 0.15) is 29.3 Å². The molecule has 2 aliphatic rings. The van der Waals surface area contributed by atoms with Gasteiger partial charge in [0.05, 0.1) is 23.8 Å². The van der Waals surface area contributed by atoms with E-state index in [0.717, 1.165) is 51.4 Å². The Morgan fingerprint density at radius 1 is 1.13 bits per heavy atom. The number of hydrogen-bond acceptors (Lipinski definition) is 7. The quantitative estimate of drug-likeness (QED) is 0.337. The van der Waals surface area contributed by atoms with Crippen molar-refractivity contribution in [3.8, 4) is 11.1 Å². The van der Waals surface area contributed by atoms with Crippen LogP contribution in [0.5, 0.6) is 0 Å². The van der Waals surface area contributed by atoms with Gasteiger partial charge in [0.1, 0.15) is 5.76 Å². The third-order valence-electron chi connectivity index (χ3n) is 7.08. The highest BCUT2D eigenvalue weighted by Crippen LogP contribution is 2.37. The highest BCUT2D eigenvalue weighted by molar-refractivity contribution is 7.07. The molecule has 0 radical (unpaired) electrons. The number of hydrogen-bond donors (Lipinski definition) is 1. The molecule has 1 amide bonds. The van der Waals surface area contributed by atoms with E-state index >= 15 is 0 Å². The molecule has 0 aliphatic carbocycles. The zero-order chi connectivity index (χ0) is 26.6. The second kappa shape index (κ2) is 11.3. The number of amides is 1. The van der Waals surface area contributed by atoms with Gasteiger partial charge in [0.2, 0.25) is 11.8 Å². The molecule has 2 aliphatic heterocycles. The van der Waals surface area contributed by atoms with Crippen molar-refractivity contribution in [3.63, 3.8) is 0 Å². The number of nitrogens with one attached hydrogen (secondary N) is 1. The number of nitrogens with zero attached hydrogens (tertiary/aromatic N) is 4. The summed E-state index contributed by atoms with van der Waals surface area (Å²) in [5.41, 5.74) is 8.84. The van der Waals surface area contributed by atoms with Crippen molar-refractivity contribution in [1.82, 2.24) is 15.3 Å². The fourth-order valence-corrected chi connectivity index (χ4v) is 5.65. The Balaban J connectivity index is 1.37. The van der Waals surface area contributed by atoms with Gasteiger partial charge >= 0.3 is 0 Å². The first-order valence-electron chi connectivity index (χ1n) is 13.1. The Morgan fingerprint density at radius 3 is 2.74 bits per heavy atom. The topological polar surface area (TPSA) is 79.7 Å². The Labute approximate surface area is 231 Å². The maximum absolute atomic E-state index is 14.2. The van der Waals surface area contributed by atoms with Gasteiger partial charge < -0.3 is 9.64 Å². The van der Waals surface area contributed by atoms with Gasteiger partial charge in [-0.1, -0.05) is 30.3 Å². The molecule has 8 heteroatoms. The number of aromatic nitrogens is 2. The molecule has 4 heterocycles. The number of fused-ring (bicyclic) bond motifs is 1. The normalized spacial score (nSPS) is 15.3. The van der Waals surface area contributed by atoms with Gasteiger partial charge in [0.15, 0.2) is 0 Å². The molecule has 0 saturated carbocycles. The average Bonchev–Trinajstić information content (AvgIpc) is 3.66. The molecule has 0 saturated heterocycles. The minimum atomic E-state index is -0.401. The van der Waals surface area contributed by atoms with E-state index in [9.17, 15) is 4.79 Å². The maximum atomic E-state index is 14.2. The van der Waals surface area contributed by atoms with Crippen LogP contribution < -0.4 is 10.2 Å². The first kappa shape index (κ1) is 25.2. The molecule has 39 heavy (non-hydrogen) atoms. The summed E-state index contributed by atoms with van der Waals surface area (Å²) in [6.07, 6.45) is 6.86. The van der Waals surface area contributed by atoms with Gasteiger partial charge in [-0.25, -0.2) is 9.98 Å². The Hall–Kier alpha value is -4.14. The van der Waals surface area contributed by atoms with E-state index < -0.39 is 6.04 Å². The van der Waals surface area contributed by atoms with Crippen molar-refractivity contribution < 1.29 is 9.53 Å². The van der Waals surface area contributed by atoms with E-state index in [2.05, 4.69) is 44.5 Å². The van der Waals surface area contributed by atoms with Gasteiger partial charge in [-0.15, -0.1) is 11.3 Å². The lowest BCUT2D eigenvalue weighted by atomic mass is 9.97. The molecule has 7 nitrogen and oxygen atoms in total. The monoisotopic (exact) mass is 535 g/mol. The van der Waals surface area contributed by atoms with Crippen molar-refractivity contribution in [2.45, 2.75) is 32.4 Å². The van der Waals surface area contributed by atoms with Gasteiger partial charge in [-0.2, -0.15) is 0 Å². The zero-order valence-electron chi connectivity index (χ0n) is 21.7. The summed E-state index contributed by atoms with van der Waals surface area (Å²) in [6, 6.07) is 18.0. The van der Waals surface area contributed by atoms with Crippen molar-refractivity contribution >= 4 is 28.8 Å². The molecule has 2 aromatic carbocycles. The number of carbonyl (C=O) groups is 1. The highest BCUT2D eigenvalue weighted by Gasteiger charge is 2.33. The standard InChI is InChI=1S/C31H29N5O2S/c1-21-7-13-33-30(38-21)27-16-24(23-8-11-32-12-9-23)17-29-26(27)10-14-36(29)31(37)28(15-22-5-3-2-4-6-22)34-18-25-19-39-20-35-25/h2-9,11-12,16-17,19-20,28,34H,10,13-15,18H2,1H3. The summed E-state index contributed by atoms with van der Waals surface area (Å²) in [6.45, 7) is 3.66. The summed E-state index contributed by atoms with van der Waals surface area (Å²) in [5.74, 6) is 1.50. The van der Waals surface area contributed by atoms with Crippen LogP contribution in [0.4, 0.5) is 5.69 Å². The van der Waals surface area contributed by atoms with E-state index in [1.165, 1.54) is 0 Å². The molecule has 1 atom stereocenters. The molecule has 196 valence electrons. The van der Waals surface area contributed by atoms with Crippen LogP contribution >= 0.6 is 11.3 Å². The minimum absolute atomic E-state index is 0.0493. The molecule has 0 bridgehead atoms. The fourth-order valence-electron chi connectivity index (χ4n) is 5.10. The number of carbonyl (C=O) groups excluding carboxylic acids is 1. The van der Waals surface area contributed by atoms with Crippen molar-refractivity contribution in [1.29, 1.82) is 0 Å². The van der Waals surface area contributed by atoms with Gasteiger partial charge in [-0.3, -0.25) is 15.1 Å². The summed E-state index contributed by atoms with van der Waals surface area (Å²) in [4.78, 5) is 29.4. The lowest BCUT2D eigenvalue weighted by Crippen LogP contribution is -2.47. The van der Waals surface area contributed by atoms with Crippen LogP contribution in [-0.4, -0.2) is 40.9 Å². The number of pyridine rings is 1. The van der Waals surface area contributed by atoms with Crippen LogP contribution in [0, 0.1) is 0 Å². The zero-order valence-corrected chi connectivity index (χ0v) is 22.5. The number of ether oxygens (including phenoxy) is 1. The summed E-state index contributed by atoms with van der Waals surface area (Å²) >= 11 is 1.56. The second-order valence-corrected chi connectivity index (χ2v) is 10.4. The molecule has 6 rings (SSSR count). The maximum Gasteiger partial charge on any atom is 0.244 e. The van der Waals surface area contributed by atoms with Crippen LogP contribution in [0.3, 0.4) is 0 Å². The Bertz CT molecular complexity index is 1520. The molecule has 4 aromatic rings. The van der Waals surface area contributed by atoms with Gasteiger partial charge in [0.25, 0.3) is 0 Å². The van der Waals surface area contributed by atoms with Crippen LogP contribution in [0.15, 0.2) is 94.7 Å². The summed E-state index contributed by atoms with van der Waals surface area (Å²) in [5, 5.41) is 5.51. The lowest BCUT2D eigenvalue weighted by Gasteiger charge is -2.26. The number of aliphatic imine (C=N–C) groups is 1. The number of thiazole rings is 1. The van der Waals surface area contributed by atoms with E-state index in [4.69, 9.17) is 4.74 Å². The molecule has 0 spiro atoms. The Morgan fingerprint density at radius 2 is 1.97 bits per heavy atom. The SMILES string of the molecule is CC1=CCN=C(c2cc(-c3ccncc3)cc3c2CCN3C(=O)C(Cc2ccccc2)NCc2cscn2)O1. The van der Waals surface area contributed by atoms with Crippen LogP contribution in [-0.2, 0) is 28.9 Å². The molecule has 2 aromatic heterocycles. The molecule has 0 fully saturated rings. The predicted molar refractivity (Wildman–Crippen MR) is 155 cm³/mol. The number of rotatable bonds is 8. The number of allylic oxidation sites excluding steroid dienone is 1. The van der Waals surface area contributed by atoms with Gasteiger partial charge in [-0.05, 0) is 72.4 Å². The Kier molecular flexibility index (Phi) is 7.29. The predicted octanol–water partition coefficient (Wildman–Crippen LogP) is 5.18. The van der Waals surface area contributed by atoms with E-state index in [-0.39, 0.29) is 5.91 Å². The van der Waals surface area contributed by atoms with E-state index in [1.54, 1.807) is 23.7 Å². The average molecular weight is 536 g/mol. The van der Waals surface area contributed by atoms with Crippen LogP contribution in [0.2, 0.25) is 0 Å². The number of benzene rings is 2. The highest BCUT2D eigenvalue weighted by atomic mass is 32.1. The van der Waals surface area contributed by atoms with Crippen molar-refractivity contribution in [3.05, 3.63) is 112 Å². The molecular formula is C31H29N5O2S. The van der Waals surface area contributed by atoms with Crippen LogP contribution in [0.25, 0.3) is 11.1 Å². The minimum Gasteiger partial charge on any atom is -0.444 e.